The van der Waals surface area contributed by atoms with Crippen LogP contribution in [0.3, 0.4) is 0 Å². The van der Waals surface area contributed by atoms with Crippen molar-refractivity contribution in [3.05, 3.63) is 21.9 Å². The summed E-state index contributed by atoms with van der Waals surface area (Å²) in [5.74, 6) is -0.193. The summed E-state index contributed by atoms with van der Waals surface area (Å²) in [5, 5.41) is 0. The van der Waals surface area contributed by atoms with Crippen LogP contribution >= 0.6 is 15.9 Å². The minimum absolute atomic E-state index is 0.0952. The van der Waals surface area contributed by atoms with Crippen LogP contribution in [-0.2, 0) is 16.0 Å². The maximum Gasteiger partial charge on any atom is 0.310 e. The molecule has 1 saturated heterocycles. The highest BCUT2D eigenvalue weighted by molar-refractivity contribution is 9.10. The van der Waals surface area contributed by atoms with Gasteiger partial charge < -0.3 is 9.64 Å². The Hall–Kier alpha value is -1.10. The lowest BCUT2D eigenvalue weighted by Crippen LogP contribution is -2.38. The Kier molecular flexibility index (Phi) is 5.71. The maximum atomic E-state index is 12.1. The van der Waals surface area contributed by atoms with Crippen molar-refractivity contribution >= 4 is 27.6 Å². The molecule has 0 atom stereocenters. The summed E-state index contributed by atoms with van der Waals surface area (Å²) in [6, 6.07) is 0. The van der Waals surface area contributed by atoms with Crippen molar-refractivity contribution in [2.45, 2.75) is 60.0 Å². The molecular weight excluding hydrogens is 356 g/mol. The number of carbonyl (C=O) groups excluding carboxylic acids is 1. The van der Waals surface area contributed by atoms with E-state index in [0.717, 1.165) is 47.3 Å². The number of rotatable bonds is 4. The minimum Gasteiger partial charge on any atom is -0.463 e. The molecule has 4 nitrogen and oxygen atoms in total. The molecule has 1 aromatic heterocycles. The van der Waals surface area contributed by atoms with E-state index in [1.807, 2.05) is 27.0 Å². The van der Waals surface area contributed by atoms with Crippen LogP contribution in [0.1, 0.15) is 51.8 Å². The van der Waals surface area contributed by atoms with Crippen molar-refractivity contribution in [1.29, 1.82) is 0 Å². The Morgan fingerprint density at radius 3 is 2.57 bits per heavy atom. The number of hydrogen-bond donors (Lipinski definition) is 0. The number of ether oxygens (including phenoxy) is 1. The van der Waals surface area contributed by atoms with Crippen LogP contribution in [-0.4, -0.2) is 30.1 Å². The van der Waals surface area contributed by atoms with Gasteiger partial charge in [-0.05, 0) is 55.0 Å². The molecule has 0 amide bonds. The molecule has 0 spiro atoms. The average molecular weight is 383 g/mol. The first kappa shape index (κ1) is 18.2. The fraction of sp³-hybridized carbons (Fsp3) is 0.667. The molecule has 0 unspecified atom stereocenters. The number of halogens is 1. The van der Waals surface area contributed by atoms with Gasteiger partial charge in [0.05, 0.1) is 22.7 Å². The molecule has 2 rings (SSSR count). The van der Waals surface area contributed by atoms with Gasteiger partial charge in [-0.2, -0.15) is 0 Å². The average Bonchev–Trinajstić information content (AvgIpc) is 2.43. The number of nitrogens with zero attached hydrogens (tertiary/aromatic N) is 2. The summed E-state index contributed by atoms with van der Waals surface area (Å²) in [7, 11) is 0. The molecule has 0 aromatic carbocycles. The molecule has 1 aliphatic rings. The van der Waals surface area contributed by atoms with Gasteiger partial charge in [-0.15, -0.1) is 0 Å². The van der Waals surface area contributed by atoms with E-state index < -0.39 is 0 Å². The zero-order valence-electron chi connectivity index (χ0n) is 14.8. The Balaban J connectivity index is 2.28. The lowest BCUT2D eigenvalue weighted by Gasteiger charge is -2.39. The van der Waals surface area contributed by atoms with Gasteiger partial charge in [0.2, 0.25) is 0 Å². The first-order valence-corrected chi connectivity index (χ1v) is 9.07. The van der Waals surface area contributed by atoms with E-state index in [-0.39, 0.29) is 18.5 Å². The highest BCUT2D eigenvalue weighted by Crippen LogP contribution is 2.37. The van der Waals surface area contributed by atoms with Crippen LogP contribution < -0.4 is 4.90 Å². The summed E-state index contributed by atoms with van der Waals surface area (Å²) < 4.78 is 6.28. The van der Waals surface area contributed by atoms with Crippen LogP contribution in [0.5, 0.6) is 0 Å². The second-order valence-corrected chi connectivity index (χ2v) is 8.24. The summed E-state index contributed by atoms with van der Waals surface area (Å²) in [6.07, 6.45) is 4.31. The molecule has 0 bridgehead atoms. The third-order valence-corrected chi connectivity index (χ3v) is 5.02. The van der Waals surface area contributed by atoms with E-state index in [1.165, 1.54) is 0 Å². The van der Waals surface area contributed by atoms with E-state index in [9.17, 15) is 4.79 Å². The second-order valence-electron chi connectivity index (χ2n) is 7.39. The first-order chi connectivity index (χ1) is 10.7. The smallest absolute Gasteiger partial charge is 0.310 e. The quantitative estimate of drug-likeness (QED) is 0.729. The number of pyridine rings is 1. The maximum absolute atomic E-state index is 12.1. The molecular formula is C18H27BrN2O2. The van der Waals surface area contributed by atoms with E-state index in [0.29, 0.717) is 5.41 Å². The minimum atomic E-state index is -0.193. The van der Waals surface area contributed by atoms with Gasteiger partial charge in [-0.1, -0.05) is 13.8 Å². The van der Waals surface area contributed by atoms with Crippen LogP contribution in [0.15, 0.2) is 10.7 Å². The summed E-state index contributed by atoms with van der Waals surface area (Å²) in [6.45, 7) is 12.3. The van der Waals surface area contributed by atoms with Crippen molar-refractivity contribution in [3.63, 3.8) is 0 Å². The predicted octanol–water partition coefficient (Wildman–Crippen LogP) is 4.27. The highest BCUT2D eigenvalue weighted by Gasteiger charge is 2.28. The van der Waals surface area contributed by atoms with Crippen molar-refractivity contribution < 1.29 is 9.53 Å². The van der Waals surface area contributed by atoms with Crippen LogP contribution in [0, 0.1) is 12.3 Å². The van der Waals surface area contributed by atoms with Crippen LogP contribution in [0.2, 0.25) is 0 Å². The Morgan fingerprint density at radius 1 is 1.39 bits per heavy atom. The Morgan fingerprint density at radius 2 is 2.00 bits per heavy atom. The van der Waals surface area contributed by atoms with E-state index >= 15 is 0 Å². The van der Waals surface area contributed by atoms with Gasteiger partial charge >= 0.3 is 5.97 Å². The number of piperidine rings is 1. The predicted molar refractivity (Wildman–Crippen MR) is 96.8 cm³/mol. The lowest BCUT2D eigenvalue weighted by atomic mass is 9.82. The summed E-state index contributed by atoms with van der Waals surface area (Å²) in [5.41, 5.74) is 3.37. The zero-order valence-corrected chi connectivity index (χ0v) is 16.4. The molecule has 2 heterocycles. The first-order valence-electron chi connectivity index (χ1n) is 8.28. The van der Waals surface area contributed by atoms with Crippen molar-refractivity contribution in [3.8, 4) is 0 Å². The monoisotopic (exact) mass is 382 g/mol. The molecule has 1 aromatic rings. The van der Waals surface area contributed by atoms with Gasteiger partial charge in [-0.3, -0.25) is 9.78 Å². The molecule has 23 heavy (non-hydrogen) atoms. The SMILES string of the molecule is Cc1ncc(Br)c(N2CCC(C)(C)CC2)c1CC(=O)OC(C)C. The largest absolute Gasteiger partial charge is 0.463 e. The normalized spacial score (nSPS) is 17.4. The lowest BCUT2D eigenvalue weighted by molar-refractivity contribution is -0.146. The second kappa shape index (κ2) is 7.20. The number of hydrogen-bond acceptors (Lipinski definition) is 4. The summed E-state index contributed by atoms with van der Waals surface area (Å²) >= 11 is 3.63. The third-order valence-electron chi connectivity index (χ3n) is 4.44. The van der Waals surface area contributed by atoms with Crippen molar-refractivity contribution in [2.75, 3.05) is 18.0 Å². The number of carbonyl (C=O) groups is 1. The standard InChI is InChI=1S/C18H27BrN2O2/c1-12(2)23-16(22)10-14-13(3)20-11-15(19)17(14)21-8-6-18(4,5)7-9-21/h11-12H,6-10H2,1-5H3. The van der Waals surface area contributed by atoms with Crippen molar-refractivity contribution in [2.24, 2.45) is 5.41 Å². The van der Waals surface area contributed by atoms with Gasteiger partial charge in [-0.25, -0.2) is 0 Å². The fourth-order valence-electron chi connectivity index (χ4n) is 2.95. The Labute approximate surface area is 147 Å². The summed E-state index contributed by atoms with van der Waals surface area (Å²) in [4.78, 5) is 18.9. The number of aryl methyl sites for hydroxylation is 1. The molecule has 0 saturated carbocycles. The van der Waals surface area contributed by atoms with Crippen molar-refractivity contribution in [1.82, 2.24) is 4.98 Å². The Bertz CT molecular complexity index is 575. The van der Waals surface area contributed by atoms with Crippen LogP contribution in [0.25, 0.3) is 0 Å². The van der Waals surface area contributed by atoms with E-state index in [4.69, 9.17) is 4.74 Å². The van der Waals surface area contributed by atoms with Crippen LogP contribution in [0.4, 0.5) is 5.69 Å². The fourth-order valence-corrected chi connectivity index (χ4v) is 3.54. The molecule has 1 aliphatic heterocycles. The van der Waals surface area contributed by atoms with E-state index in [2.05, 4.69) is 39.7 Å². The topological polar surface area (TPSA) is 42.4 Å². The highest BCUT2D eigenvalue weighted by atomic mass is 79.9. The number of aromatic nitrogens is 1. The zero-order chi connectivity index (χ0) is 17.2. The molecule has 0 radical (unpaired) electrons. The molecule has 0 N–H and O–H groups in total. The number of esters is 1. The molecule has 1 fully saturated rings. The van der Waals surface area contributed by atoms with Gasteiger partial charge in [0, 0.05) is 30.5 Å². The van der Waals surface area contributed by atoms with Gasteiger partial charge in [0.25, 0.3) is 0 Å². The molecule has 5 heteroatoms. The van der Waals surface area contributed by atoms with E-state index in [1.54, 1.807) is 0 Å². The number of anilines is 1. The molecule has 0 aliphatic carbocycles. The van der Waals surface area contributed by atoms with Gasteiger partial charge in [0.1, 0.15) is 0 Å². The third kappa shape index (κ3) is 4.69. The molecule has 128 valence electrons. The van der Waals surface area contributed by atoms with Gasteiger partial charge in [0.15, 0.2) is 0 Å².